The number of hydrogen-bond acceptors (Lipinski definition) is 4. The number of aromatic carboxylic acids is 2. The van der Waals surface area contributed by atoms with Gasteiger partial charge in [0.05, 0.1) is 29.5 Å². The molecule has 8 heteroatoms. The number of benzene rings is 2. The summed E-state index contributed by atoms with van der Waals surface area (Å²) in [4.78, 5) is 34.7. The highest BCUT2D eigenvalue weighted by Gasteiger charge is 2.20. The van der Waals surface area contributed by atoms with E-state index in [-0.39, 0.29) is 22.4 Å². The molecule has 0 spiro atoms. The summed E-state index contributed by atoms with van der Waals surface area (Å²) in [6, 6.07) is 7.70. The van der Waals surface area contributed by atoms with Crippen molar-refractivity contribution in [3.63, 3.8) is 0 Å². The molecule has 1 amide bonds. The van der Waals surface area contributed by atoms with Gasteiger partial charge in [-0.3, -0.25) is 4.79 Å². The van der Waals surface area contributed by atoms with Crippen molar-refractivity contribution in [1.29, 1.82) is 0 Å². The largest absolute Gasteiger partial charge is 0.495 e. The highest BCUT2D eigenvalue weighted by molar-refractivity contribution is 6.31. The summed E-state index contributed by atoms with van der Waals surface area (Å²) in [7, 11) is 1.40. The minimum absolute atomic E-state index is 0.205. The van der Waals surface area contributed by atoms with Gasteiger partial charge in [-0.25, -0.2) is 9.59 Å². The average Bonchev–Trinajstić information content (AvgIpc) is 2.54. The van der Waals surface area contributed by atoms with Crippen LogP contribution in [0.15, 0.2) is 36.4 Å². The summed E-state index contributed by atoms with van der Waals surface area (Å²) >= 11 is 5.87. The standard InChI is InChI=1S/C16H12ClNO6/c1-24-13-5-3-9(17)7-12(13)18-14(19)11-6-8(15(20)21)2-4-10(11)16(22)23/h2-7H,1H3,(H,18,19)(H,20,21)(H,22,23). The Labute approximate surface area is 141 Å². The number of carboxylic acids is 2. The number of hydrogen-bond donors (Lipinski definition) is 3. The quantitative estimate of drug-likeness (QED) is 0.764. The number of halogens is 1. The van der Waals surface area contributed by atoms with Crippen LogP contribution in [0.5, 0.6) is 5.75 Å². The lowest BCUT2D eigenvalue weighted by atomic mass is 10.0. The van der Waals surface area contributed by atoms with Crippen molar-refractivity contribution in [3.05, 3.63) is 58.1 Å². The molecule has 0 aliphatic carbocycles. The number of nitrogens with one attached hydrogen (secondary N) is 1. The summed E-state index contributed by atoms with van der Waals surface area (Å²) < 4.78 is 5.09. The lowest BCUT2D eigenvalue weighted by Crippen LogP contribution is -2.18. The highest BCUT2D eigenvalue weighted by atomic mass is 35.5. The van der Waals surface area contributed by atoms with Crippen LogP contribution >= 0.6 is 11.6 Å². The van der Waals surface area contributed by atoms with E-state index in [1.165, 1.54) is 19.2 Å². The first kappa shape index (κ1) is 17.3. The molecule has 0 aliphatic rings. The van der Waals surface area contributed by atoms with Gasteiger partial charge in [0.2, 0.25) is 0 Å². The van der Waals surface area contributed by atoms with Gasteiger partial charge in [-0.2, -0.15) is 0 Å². The third-order valence-corrected chi connectivity index (χ3v) is 3.39. The van der Waals surface area contributed by atoms with Gasteiger partial charge in [0.15, 0.2) is 0 Å². The van der Waals surface area contributed by atoms with Gasteiger partial charge < -0.3 is 20.3 Å². The molecule has 0 saturated carbocycles. The van der Waals surface area contributed by atoms with Crippen LogP contribution in [0.3, 0.4) is 0 Å². The molecule has 7 nitrogen and oxygen atoms in total. The monoisotopic (exact) mass is 349 g/mol. The van der Waals surface area contributed by atoms with Crippen molar-refractivity contribution in [2.75, 3.05) is 12.4 Å². The fraction of sp³-hybridized carbons (Fsp3) is 0.0625. The maximum Gasteiger partial charge on any atom is 0.336 e. The van der Waals surface area contributed by atoms with Crippen LogP contribution in [-0.4, -0.2) is 35.2 Å². The molecule has 2 aromatic carbocycles. The second-order valence-electron chi connectivity index (χ2n) is 4.67. The van der Waals surface area contributed by atoms with Crippen LogP contribution in [0.25, 0.3) is 0 Å². The Hall–Kier alpha value is -3.06. The van der Waals surface area contributed by atoms with Gasteiger partial charge in [-0.15, -0.1) is 0 Å². The SMILES string of the molecule is COc1ccc(Cl)cc1NC(=O)c1cc(C(=O)O)ccc1C(=O)O. The van der Waals surface area contributed by atoms with Gasteiger partial charge in [-0.05, 0) is 36.4 Å². The Morgan fingerprint density at radius 3 is 2.29 bits per heavy atom. The molecule has 0 aliphatic heterocycles. The molecule has 0 unspecified atom stereocenters. The molecule has 0 saturated heterocycles. The molecule has 0 fully saturated rings. The van der Waals surface area contributed by atoms with E-state index in [9.17, 15) is 19.5 Å². The minimum atomic E-state index is -1.35. The van der Waals surface area contributed by atoms with E-state index >= 15 is 0 Å². The summed E-state index contributed by atoms with van der Waals surface area (Å²) in [5.41, 5.74) is -0.585. The van der Waals surface area contributed by atoms with Gasteiger partial charge in [0.1, 0.15) is 5.75 Å². The molecule has 0 aromatic heterocycles. The third kappa shape index (κ3) is 3.64. The number of rotatable bonds is 5. The van der Waals surface area contributed by atoms with Crippen LogP contribution in [0.4, 0.5) is 5.69 Å². The highest BCUT2D eigenvalue weighted by Crippen LogP contribution is 2.28. The number of carbonyl (C=O) groups excluding carboxylic acids is 1. The van der Waals surface area contributed by atoms with Gasteiger partial charge in [0.25, 0.3) is 5.91 Å². The average molecular weight is 350 g/mol. The second-order valence-corrected chi connectivity index (χ2v) is 5.11. The Morgan fingerprint density at radius 1 is 1.00 bits per heavy atom. The Kier molecular flexibility index (Phi) is 5.05. The van der Waals surface area contributed by atoms with Crippen molar-refractivity contribution < 1.29 is 29.3 Å². The lowest BCUT2D eigenvalue weighted by Gasteiger charge is -2.12. The fourth-order valence-corrected chi connectivity index (χ4v) is 2.19. The zero-order chi connectivity index (χ0) is 17.9. The van der Waals surface area contributed by atoms with Crippen molar-refractivity contribution in [2.24, 2.45) is 0 Å². The Morgan fingerprint density at radius 2 is 1.71 bits per heavy atom. The molecular formula is C16H12ClNO6. The van der Waals surface area contributed by atoms with Crippen LogP contribution in [0.2, 0.25) is 5.02 Å². The first-order chi connectivity index (χ1) is 11.3. The van der Waals surface area contributed by atoms with E-state index in [0.29, 0.717) is 10.8 Å². The van der Waals surface area contributed by atoms with Gasteiger partial charge >= 0.3 is 11.9 Å². The number of anilines is 1. The van der Waals surface area contributed by atoms with E-state index in [1.54, 1.807) is 6.07 Å². The zero-order valence-corrected chi connectivity index (χ0v) is 13.1. The van der Waals surface area contributed by atoms with Gasteiger partial charge in [-0.1, -0.05) is 11.6 Å². The van der Waals surface area contributed by atoms with Crippen LogP contribution < -0.4 is 10.1 Å². The number of ether oxygens (including phenoxy) is 1. The molecule has 0 bridgehead atoms. The molecular weight excluding hydrogens is 338 g/mol. The molecule has 24 heavy (non-hydrogen) atoms. The van der Waals surface area contributed by atoms with Crippen LogP contribution in [0, 0.1) is 0 Å². The summed E-state index contributed by atoms with van der Waals surface area (Å²) in [6.07, 6.45) is 0. The third-order valence-electron chi connectivity index (χ3n) is 3.15. The van der Waals surface area contributed by atoms with E-state index in [2.05, 4.69) is 5.32 Å². The molecule has 2 rings (SSSR count). The predicted molar refractivity (Wildman–Crippen MR) is 86.3 cm³/mol. The molecule has 0 radical (unpaired) electrons. The summed E-state index contributed by atoms with van der Waals surface area (Å²) in [6.45, 7) is 0. The van der Waals surface area contributed by atoms with E-state index in [0.717, 1.165) is 18.2 Å². The normalized spacial score (nSPS) is 10.1. The minimum Gasteiger partial charge on any atom is -0.495 e. The first-order valence-corrected chi connectivity index (χ1v) is 6.96. The molecule has 124 valence electrons. The predicted octanol–water partition coefficient (Wildman–Crippen LogP) is 3.00. The lowest BCUT2D eigenvalue weighted by molar-refractivity contribution is 0.0679. The Balaban J connectivity index is 2.46. The van der Waals surface area contributed by atoms with E-state index in [1.807, 2.05) is 0 Å². The number of carbonyl (C=O) groups is 3. The van der Waals surface area contributed by atoms with Crippen LogP contribution in [-0.2, 0) is 0 Å². The molecule has 2 aromatic rings. The molecule has 0 atom stereocenters. The zero-order valence-electron chi connectivity index (χ0n) is 12.4. The summed E-state index contributed by atoms with van der Waals surface area (Å²) in [5, 5.41) is 21.0. The van der Waals surface area contributed by atoms with E-state index in [4.69, 9.17) is 21.4 Å². The topological polar surface area (TPSA) is 113 Å². The smallest absolute Gasteiger partial charge is 0.336 e. The first-order valence-electron chi connectivity index (χ1n) is 6.59. The second kappa shape index (κ2) is 7.01. The van der Waals surface area contributed by atoms with Crippen LogP contribution in [0.1, 0.15) is 31.1 Å². The maximum atomic E-state index is 12.4. The van der Waals surface area contributed by atoms with Crippen molar-refractivity contribution >= 4 is 35.1 Å². The van der Waals surface area contributed by atoms with Crippen molar-refractivity contribution in [2.45, 2.75) is 0 Å². The summed E-state index contributed by atoms with van der Waals surface area (Å²) in [5.74, 6) is -3.11. The maximum absolute atomic E-state index is 12.4. The van der Waals surface area contributed by atoms with Crippen molar-refractivity contribution in [1.82, 2.24) is 0 Å². The number of amides is 1. The fourth-order valence-electron chi connectivity index (χ4n) is 2.02. The van der Waals surface area contributed by atoms with Crippen molar-refractivity contribution in [3.8, 4) is 5.75 Å². The molecule has 0 heterocycles. The number of methoxy groups -OCH3 is 1. The van der Waals surface area contributed by atoms with E-state index < -0.39 is 17.8 Å². The Bertz CT molecular complexity index is 833. The molecule has 3 N–H and O–H groups in total. The number of carboxylic acid groups (broad SMARTS) is 2. The van der Waals surface area contributed by atoms with Gasteiger partial charge in [0, 0.05) is 5.02 Å².